The minimum absolute atomic E-state index is 0.172. The number of carbonyl (C=O) groups excluding carboxylic acids is 1. The van der Waals surface area contributed by atoms with Crippen LogP contribution in [0.3, 0.4) is 0 Å². The summed E-state index contributed by atoms with van der Waals surface area (Å²) in [6, 6.07) is 10.3. The third kappa shape index (κ3) is 4.16. The number of rotatable bonds is 5. The van der Waals surface area contributed by atoms with E-state index in [0.717, 1.165) is 5.56 Å². The highest BCUT2D eigenvalue weighted by molar-refractivity contribution is 5.74. The molecule has 128 valence electrons. The summed E-state index contributed by atoms with van der Waals surface area (Å²) < 4.78 is 19.2. The maximum atomic E-state index is 14.1. The van der Waals surface area contributed by atoms with Crippen molar-refractivity contribution in [3.63, 3.8) is 0 Å². The molecule has 0 aliphatic heterocycles. The lowest BCUT2D eigenvalue weighted by atomic mass is 10.1. The van der Waals surface area contributed by atoms with Crippen LogP contribution in [0.2, 0.25) is 0 Å². The molecule has 0 aliphatic carbocycles. The first-order valence-electron chi connectivity index (χ1n) is 7.54. The SMILES string of the molecule is COc1cccc(F)c1C(C)NC(=O)N(C)Cc1ccc(O)cc1. The minimum Gasteiger partial charge on any atom is -0.508 e. The summed E-state index contributed by atoms with van der Waals surface area (Å²) in [4.78, 5) is 13.8. The molecule has 0 fully saturated rings. The molecule has 2 aromatic carbocycles. The summed E-state index contributed by atoms with van der Waals surface area (Å²) in [5.41, 5.74) is 1.19. The number of phenols is 1. The van der Waals surface area contributed by atoms with Gasteiger partial charge >= 0.3 is 6.03 Å². The Bertz CT molecular complexity index is 704. The topological polar surface area (TPSA) is 61.8 Å². The molecule has 0 saturated carbocycles. The summed E-state index contributed by atoms with van der Waals surface area (Å²) in [7, 11) is 3.11. The number of hydrogen-bond donors (Lipinski definition) is 2. The van der Waals surface area contributed by atoms with Crippen LogP contribution in [0.4, 0.5) is 9.18 Å². The van der Waals surface area contributed by atoms with E-state index in [1.807, 2.05) is 0 Å². The number of nitrogens with one attached hydrogen (secondary N) is 1. The van der Waals surface area contributed by atoms with Crippen molar-refractivity contribution in [1.82, 2.24) is 10.2 Å². The summed E-state index contributed by atoms with van der Waals surface area (Å²) in [6.45, 7) is 2.07. The molecule has 1 atom stereocenters. The van der Waals surface area contributed by atoms with E-state index < -0.39 is 11.9 Å². The number of amides is 2. The van der Waals surface area contributed by atoms with Gasteiger partial charge in [-0.3, -0.25) is 0 Å². The molecule has 2 rings (SSSR count). The monoisotopic (exact) mass is 332 g/mol. The Morgan fingerprint density at radius 1 is 1.29 bits per heavy atom. The van der Waals surface area contributed by atoms with Crippen LogP contribution in [0, 0.1) is 5.82 Å². The van der Waals surface area contributed by atoms with Gasteiger partial charge in [0.1, 0.15) is 17.3 Å². The van der Waals surface area contributed by atoms with Gasteiger partial charge in [0.25, 0.3) is 0 Å². The fraction of sp³-hybridized carbons (Fsp3) is 0.278. The molecule has 0 heterocycles. The zero-order valence-corrected chi connectivity index (χ0v) is 13.9. The van der Waals surface area contributed by atoms with Gasteiger partial charge in [0.2, 0.25) is 0 Å². The Labute approximate surface area is 140 Å². The number of benzene rings is 2. The molecule has 0 aliphatic rings. The van der Waals surface area contributed by atoms with Gasteiger partial charge < -0.3 is 20.1 Å². The van der Waals surface area contributed by atoms with E-state index >= 15 is 0 Å². The van der Waals surface area contributed by atoms with Gasteiger partial charge in [0, 0.05) is 13.6 Å². The molecule has 6 heteroatoms. The number of halogens is 1. The van der Waals surface area contributed by atoms with Crippen molar-refractivity contribution >= 4 is 6.03 Å². The molecule has 0 bridgehead atoms. The number of nitrogens with zero attached hydrogens (tertiary/aromatic N) is 1. The number of urea groups is 1. The second-order valence-corrected chi connectivity index (χ2v) is 5.55. The van der Waals surface area contributed by atoms with Crippen LogP contribution in [0.25, 0.3) is 0 Å². The third-order valence-electron chi connectivity index (χ3n) is 3.71. The molecule has 2 amide bonds. The fourth-order valence-electron chi connectivity index (χ4n) is 2.43. The predicted octanol–water partition coefficient (Wildman–Crippen LogP) is 3.44. The van der Waals surface area contributed by atoms with E-state index in [-0.39, 0.29) is 11.8 Å². The highest BCUT2D eigenvalue weighted by atomic mass is 19.1. The van der Waals surface area contributed by atoms with Gasteiger partial charge in [0.15, 0.2) is 0 Å². The molecule has 24 heavy (non-hydrogen) atoms. The Balaban J connectivity index is 2.04. The first kappa shape index (κ1) is 17.6. The standard InChI is InChI=1S/C18H21FN2O3/c1-12(17-15(19)5-4-6-16(17)24-3)20-18(23)21(2)11-13-7-9-14(22)10-8-13/h4-10,12,22H,11H2,1-3H3,(H,20,23). The lowest BCUT2D eigenvalue weighted by Gasteiger charge is -2.23. The number of phenolic OH excluding ortho intramolecular Hbond substituents is 1. The van der Waals surface area contributed by atoms with Gasteiger partial charge in [-0.25, -0.2) is 9.18 Å². The normalized spacial score (nSPS) is 11.7. The molecule has 2 aromatic rings. The lowest BCUT2D eigenvalue weighted by molar-refractivity contribution is 0.203. The van der Waals surface area contributed by atoms with E-state index in [4.69, 9.17) is 4.74 Å². The van der Waals surface area contributed by atoms with Gasteiger partial charge in [-0.15, -0.1) is 0 Å². The molecule has 2 N–H and O–H groups in total. The zero-order chi connectivity index (χ0) is 17.7. The second kappa shape index (κ2) is 7.68. The van der Waals surface area contributed by atoms with Crippen molar-refractivity contribution in [2.24, 2.45) is 0 Å². The van der Waals surface area contributed by atoms with Crippen LogP contribution < -0.4 is 10.1 Å². The van der Waals surface area contributed by atoms with Crippen LogP contribution in [0.1, 0.15) is 24.1 Å². The summed E-state index contributed by atoms with van der Waals surface area (Å²) in [6.07, 6.45) is 0. The molecule has 0 saturated heterocycles. The first-order chi connectivity index (χ1) is 11.4. The van der Waals surface area contributed by atoms with Gasteiger partial charge in [-0.1, -0.05) is 18.2 Å². The number of carbonyl (C=O) groups is 1. The van der Waals surface area contributed by atoms with Crippen LogP contribution in [-0.4, -0.2) is 30.2 Å². The minimum atomic E-state index is -0.545. The maximum absolute atomic E-state index is 14.1. The van der Waals surface area contributed by atoms with Gasteiger partial charge in [-0.05, 0) is 36.8 Å². The van der Waals surface area contributed by atoms with E-state index in [1.54, 1.807) is 50.4 Å². The molecule has 0 aromatic heterocycles. The molecular formula is C18H21FN2O3. The predicted molar refractivity (Wildman–Crippen MR) is 89.5 cm³/mol. The number of aromatic hydroxyl groups is 1. The van der Waals surface area contributed by atoms with Crippen molar-refractivity contribution < 1.29 is 19.0 Å². The summed E-state index contributed by atoms with van der Waals surface area (Å²) >= 11 is 0. The largest absolute Gasteiger partial charge is 0.508 e. The summed E-state index contributed by atoms with van der Waals surface area (Å²) in [5, 5.41) is 12.0. The van der Waals surface area contributed by atoms with Gasteiger partial charge in [-0.2, -0.15) is 0 Å². The van der Waals surface area contributed by atoms with Crippen molar-refractivity contribution in [2.45, 2.75) is 19.5 Å². The Morgan fingerprint density at radius 2 is 1.96 bits per heavy atom. The highest BCUT2D eigenvalue weighted by Crippen LogP contribution is 2.27. The quantitative estimate of drug-likeness (QED) is 0.882. The van der Waals surface area contributed by atoms with E-state index in [0.29, 0.717) is 17.9 Å². The molecule has 1 unspecified atom stereocenters. The van der Waals surface area contributed by atoms with Crippen LogP contribution in [0.15, 0.2) is 42.5 Å². The van der Waals surface area contributed by atoms with Crippen LogP contribution >= 0.6 is 0 Å². The second-order valence-electron chi connectivity index (χ2n) is 5.55. The van der Waals surface area contributed by atoms with Crippen LogP contribution in [-0.2, 0) is 6.54 Å². The lowest BCUT2D eigenvalue weighted by Crippen LogP contribution is -2.38. The Morgan fingerprint density at radius 3 is 2.58 bits per heavy atom. The first-order valence-corrected chi connectivity index (χ1v) is 7.54. The van der Waals surface area contributed by atoms with Crippen molar-refractivity contribution in [3.05, 3.63) is 59.4 Å². The van der Waals surface area contributed by atoms with Crippen molar-refractivity contribution in [2.75, 3.05) is 14.2 Å². The van der Waals surface area contributed by atoms with Crippen molar-refractivity contribution in [1.29, 1.82) is 0 Å². The molecule has 0 radical (unpaired) electrons. The number of ether oxygens (including phenoxy) is 1. The zero-order valence-electron chi connectivity index (χ0n) is 13.9. The van der Waals surface area contributed by atoms with E-state index in [9.17, 15) is 14.3 Å². The van der Waals surface area contributed by atoms with E-state index in [2.05, 4.69) is 5.32 Å². The average molecular weight is 332 g/mol. The highest BCUT2D eigenvalue weighted by Gasteiger charge is 2.20. The molecule has 0 spiro atoms. The third-order valence-corrected chi connectivity index (χ3v) is 3.71. The number of hydrogen-bond acceptors (Lipinski definition) is 3. The smallest absolute Gasteiger partial charge is 0.317 e. The maximum Gasteiger partial charge on any atom is 0.317 e. The van der Waals surface area contributed by atoms with Crippen LogP contribution in [0.5, 0.6) is 11.5 Å². The Kier molecular flexibility index (Phi) is 5.63. The molecule has 5 nitrogen and oxygen atoms in total. The van der Waals surface area contributed by atoms with Crippen molar-refractivity contribution in [3.8, 4) is 11.5 Å². The number of methoxy groups -OCH3 is 1. The van der Waals surface area contributed by atoms with E-state index in [1.165, 1.54) is 18.1 Å². The fourth-order valence-corrected chi connectivity index (χ4v) is 2.43. The summed E-state index contributed by atoms with van der Waals surface area (Å²) in [5.74, 6) is 0.137. The van der Waals surface area contributed by atoms with Gasteiger partial charge in [0.05, 0.1) is 18.7 Å². The Hall–Kier alpha value is -2.76. The molecular weight excluding hydrogens is 311 g/mol. The average Bonchev–Trinajstić information content (AvgIpc) is 2.56.